The van der Waals surface area contributed by atoms with Crippen molar-refractivity contribution in [3.63, 3.8) is 0 Å². The number of hydrogen-bond acceptors (Lipinski definition) is 3. The topological polar surface area (TPSA) is 29.1 Å². The number of aryl methyl sites for hydroxylation is 1. The fraction of sp³-hybridized carbons (Fsp3) is 0.545. The Morgan fingerprint density at radius 2 is 2.07 bits per heavy atom. The molecule has 0 unspecified atom stereocenters. The van der Waals surface area contributed by atoms with Gasteiger partial charge in [-0.15, -0.1) is 11.3 Å². The van der Waals surface area contributed by atoms with Crippen LogP contribution in [0.1, 0.15) is 40.6 Å². The zero-order valence-corrected chi connectivity index (χ0v) is 9.46. The molecule has 0 amide bonds. The van der Waals surface area contributed by atoms with E-state index >= 15 is 0 Å². The Labute approximate surface area is 88.3 Å². The van der Waals surface area contributed by atoms with Gasteiger partial charge < -0.3 is 5.32 Å². The zero-order chi connectivity index (χ0) is 10.1. The highest BCUT2D eigenvalue weighted by molar-refractivity contribution is 7.16. The summed E-state index contributed by atoms with van der Waals surface area (Å²) in [6, 6.07) is 0. The molecule has 2 rings (SSSR count). The van der Waals surface area contributed by atoms with Crippen molar-refractivity contribution >= 4 is 22.1 Å². The molecule has 0 radical (unpaired) electrons. The first-order valence-corrected chi connectivity index (χ1v) is 5.89. The van der Waals surface area contributed by atoms with Gasteiger partial charge in [-0.1, -0.05) is 0 Å². The summed E-state index contributed by atoms with van der Waals surface area (Å²) < 4.78 is 0. The molecule has 0 atom stereocenters. The molecule has 76 valence electrons. The summed E-state index contributed by atoms with van der Waals surface area (Å²) in [6.45, 7) is 1.66. The zero-order valence-electron chi connectivity index (χ0n) is 8.64. The average molecular weight is 209 g/mol. The van der Waals surface area contributed by atoms with Crippen LogP contribution in [0.4, 0.5) is 5.00 Å². The Balaban J connectivity index is 2.53. The molecule has 0 aliphatic heterocycles. The normalized spacial score (nSPS) is 15.0. The molecule has 14 heavy (non-hydrogen) atoms. The number of carbonyl (C=O) groups excluding carboxylic acids is 1. The van der Waals surface area contributed by atoms with E-state index in [1.807, 2.05) is 7.05 Å². The number of rotatable bonds is 2. The monoisotopic (exact) mass is 209 g/mol. The fourth-order valence-corrected chi connectivity index (χ4v) is 3.41. The maximum absolute atomic E-state index is 11.5. The lowest BCUT2D eigenvalue weighted by Gasteiger charge is -2.11. The minimum absolute atomic E-state index is 0.203. The molecule has 1 aliphatic carbocycles. The lowest BCUT2D eigenvalue weighted by atomic mass is 9.94. The number of anilines is 1. The Morgan fingerprint density at radius 1 is 1.36 bits per heavy atom. The van der Waals surface area contributed by atoms with Gasteiger partial charge in [0.2, 0.25) is 0 Å². The fourth-order valence-electron chi connectivity index (χ4n) is 2.11. The quantitative estimate of drug-likeness (QED) is 0.759. The maximum Gasteiger partial charge on any atom is 0.163 e. The van der Waals surface area contributed by atoms with Gasteiger partial charge in [0.05, 0.1) is 10.6 Å². The molecule has 0 aromatic carbocycles. The van der Waals surface area contributed by atoms with Crippen LogP contribution in [0.5, 0.6) is 0 Å². The second kappa shape index (κ2) is 3.73. The summed E-state index contributed by atoms with van der Waals surface area (Å²) in [5.41, 5.74) is 2.27. The molecule has 1 aromatic rings. The number of thiophene rings is 1. The SMILES string of the molecule is CNc1sc2c(c1C(C)=O)CCCC2. The summed E-state index contributed by atoms with van der Waals surface area (Å²) in [7, 11) is 1.89. The average Bonchev–Trinajstić information content (AvgIpc) is 2.55. The molecule has 0 spiro atoms. The van der Waals surface area contributed by atoms with Crippen molar-refractivity contribution in [2.45, 2.75) is 32.6 Å². The Bertz CT molecular complexity index is 368. The molecule has 1 N–H and O–H groups in total. The van der Waals surface area contributed by atoms with Crippen molar-refractivity contribution < 1.29 is 4.79 Å². The molecular formula is C11H15NOS. The molecule has 1 heterocycles. The van der Waals surface area contributed by atoms with Crippen LogP contribution >= 0.6 is 11.3 Å². The molecular weight excluding hydrogens is 194 g/mol. The van der Waals surface area contributed by atoms with Crippen LogP contribution in [0.15, 0.2) is 0 Å². The predicted molar refractivity (Wildman–Crippen MR) is 60.5 cm³/mol. The van der Waals surface area contributed by atoms with Crippen molar-refractivity contribution in [1.82, 2.24) is 0 Å². The predicted octanol–water partition coefficient (Wildman–Crippen LogP) is 2.87. The summed E-state index contributed by atoms with van der Waals surface area (Å²) in [4.78, 5) is 12.9. The van der Waals surface area contributed by atoms with E-state index in [-0.39, 0.29) is 5.78 Å². The van der Waals surface area contributed by atoms with Crippen LogP contribution in [-0.4, -0.2) is 12.8 Å². The van der Waals surface area contributed by atoms with E-state index < -0.39 is 0 Å². The molecule has 3 heteroatoms. The Morgan fingerprint density at radius 3 is 2.71 bits per heavy atom. The van der Waals surface area contributed by atoms with E-state index in [2.05, 4.69) is 5.32 Å². The Hall–Kier alpha value is -0.830. The highest BCUT2D eigenvalue weighted by Gasteiger charge is 2.22. The van der Waals surface area contributed by atoms with Gasteiger partial charge >= 0.3 is 0 Å². The molecule has 0 bridgehead atoms. The number of ketones is 1. The van der Waals surface area contributed by atoms with E-state index in [0.29, 0.717) is 0 Å². The molecule has 1 aliphatic rings. The largest absolute Gasteiger partial charge is 0.379 e. The number of carbonyl (C=O) groups is 1. The second-order valence-electron chi connectivity index (χ2n) is 3.72. The van der Waals surface area contributed by atoms with Crippen LogP contribution in [0, 0.1) is 0 Å². The third-order valence-corrected chi connectivity index (χ3v) is 4.06. The van der Waals surface area contributed by atoms with Gasteiger partial charge in [-0.25, -0.2) is 0 Å². The van der Waals surface area contributed by atoms with Crippen molar-refractivity contribution in [3.8, 4) is 0 Å². The van der Waals surface area contributed by atoms with E-state index in [4.69, 9.17) is 0 Å². The van der Waals surface area contributed by atoms with Gasteiger partial charge in [0.15, 0.2) is 5.78 Å². The van der Waals surface area contributed by atoms with Crippen LogP contribution in [0.2, 0.25) is 0 Å². The van der Waals surface area contributed by atoms with Crippen molar-refractivity contribution in [1.29, 1.82) is 0 Å². The molecule has 0 saturated heterocycles. The maximum atomic E-state index is 11.5. The smallest absolute Gasteiger partial charge is 0.163 e. The second-order valence-corrected chi connectivity index (χ2v) is 4.83. The minimum atomic E-state index is 0.203. The van der Waals surface area contributed by atoms with E-state index in [1.165, 1.54) is 23.3 Å². The van der Waals surface area contributed by atoms with Gasteiger partial charge in [0, 0.05) is 11.9 Å². The third kappa shape index (κ3) is 1.46. The lowest BCUT2D eigenvalue weighted by Crippen LogP contribution is -2.05. The lowest BCUT2D eigenvalue weighted by molar-refractivity contribution is 0.101. The van der Waals surface area contributed by atoms with E-state index in [1.54, 1.807) is 18.3 Å². The van der Waals surface area contributed by atoms with Gasteiger partial charge in [0.1, 0.15) is 0 Å². The van der Waals surface area contributed by atoms with Gasteiger partial charge in [0.25, 0.3) is 0 Å². The first kappa shape index (κ1) is 9.71. The van der Waals surface area contributed by atoms with Crippen LogP contribution in [-0.2, 0) is 12.8 Å². The van der Waals surface area contributed by atoms with Gasteiger partial charge in [-0.2, -0.15) is 0 Å². The van der Waals surface area contributed by atoms with Gasteiger partial charge in [-0.3, -0.25) is 4.79 Å². The molecule has 1 aromatic heterocycles. The highest BCUT2D eigenvalue weighted by atomic mass is 32.1. The summed E-state index contributed by atoms with van der Waals surface area (Å²) >= 11 is 1.76. The highest BCUT2D eigenvalue weighted by Crippen LogP contribution is 2.37. The number of hydrogen-bond donors (Lipinski definition) is 1. The van der Waals surface area contributed by atoms with Crippen LogP contribution < -0.4 is 5.32 Å². The van der Waals surface area contributed by atoms with Gasteiger partial charge in [-0.05, 0) is 38.2 Å². The standard InChI is InChI=1S/C11H15NOS/c1-7(13)10-8-5-3-4-6-9(8)14-11(10)12-2/h12H,3-6H2,1-2H3. The Kier molecular flexibility index (Phi) is 2.59. The first-order valence-electron chi connectivity index (χ1n) is 5.07. The van der Waals surface area contributed by atoms with Crippen LogP contribution in [0.25, 0.3) is 0 Å². The summed E-state index contributed by atoms with van der Waals surface area (Å²) in [5.74, 6) is 0.203. The minimum Gasteiger partial charge on any atom is -0.379 e. The van der Waals surface area contributed by atoms with Crippen LogP contribution in [0.3, 0.4) is 0 Å². The molecule has 0 fully saturated rings. The van der Waals surface area contributed by atoms with Crippen molar-refractivity contribution in [3.05, 3.63) is 16.0 Å². The first-order chi connectivity index (χ1) is 6.74. The number of nitrogens with one attached hydrogen (secondary N) is 1. The van der Waals surface area contributed by atoms with E-state index in [9.17, 15) is 4.79 Å². The summed E-state index contributed by atoms with van der Waals surface area (Å²) in [6.07, 6.45) is 4.74. The van der Waals surface area contributed by atoms with Crippen molar-refractivity contribution in [2.75, 3.05) is 12.4 Å². The van der Waals surface area contributed by atoms with E-state index in [0.717, 1.165) is 23.4 Å². The van der Waals surface area contributed by atoms with Crippen molar-refractivity contribution in [2.24, 2.45) is 0 Å². The molecule has 0 saturated carbocycles. The molecule has 2 nitrogen and oxygen atoms in total. The number of fused-ring (bicyclic) bond motifs is 1. The number of Topliss-reactive ketones (excluding diaryl/α,β-unsaturated/α-hetero) is 1. The third-order valence-electron chi connectivity index (χ3n) is 2.75. The summed E-state index contributed by atoms with van der Waals surface area (Å²) in [5, 5.41) is 4.19.